The Balaban J connectivity index is 0.000000243. The van der Waals surface area contributed by atoms with Gasteiger partial charge in [-0.3, -0.25) is 19.4 Å². The Morgan fingerprint density at radius 2 is 1.16 bits per heavy atom. The lowest BCUT2D eigenvalue weighted by atomic mass is 9.74. The van der Waals surface area contributed by atoms with E-state index in [1.165, 1.54) is 34.1 Å². The minimum absolute atomic E-state index is 0.00369. The third-order valence-corrected chi connectivity index (χ3v) is 16.3. The fourth-order valence-electron chi connectivity index (χ4n) is 10.3. The molecule has 2 fully saturated rings. The summed E-state index contributed by atoms with van der Waals surface area (Å²) in [6, 6.07) is 11.3. The number of nitrogens with zero attached hydrogens (tertiary/aromatic N) is 6. The van der Waals surface area contributed by atoms with Crippen molar-refractivity contribution < 1.29 is 71.8 Å². The van der Waals surface area contributed by atoms with E-state index in [-0.39, 0.29) is 74.7 Å². The number of fused-ring (bicyclic) bond motifs is 2. The highest BCUT2D eigenvalue weighted by molar-refractivity contribution is 14.1. The van der Waals surface area contributed by atoms with Crippen LogP contribution < -0.4 is 14.0 Å². The maximum absolute atomic E-state index is 13.3. The van der Waals surface area contributed by atoms with Gasteiger partial charge in [-0.1, -0.05) is 90.6 Å². The Hall–Kier alpha value is -6.90. The molecule has 22 heteroatoms. The molecule has 4 aliphatic rings. The van der Waals surface area contributed by atoms with Gasteiger partial charge < -0.3 is 33.3 Å². The summed E-state index contributed by atoms with van der Waals surface area (Å²) >= 11 is 4.43. The molecule has 2 aromatic carbocycles. The van der Waals surface area contributed by atoms with Crippen molar-refractivity contribution in [2.24, 2.45) is 49.6 Å². The molecule has 8 rings (SSSR count). The molecule has 2 amide bonds. The molecule has 2 saturated heterocycles. The second-order valence-corrected chi connectivity index (χ2v) is 22.6. The van der Waals surface area contributed by atoms with Gasteiger partial charge in [-0.05, 0) is 87.0 Å². The van der Waals surface area contributed by atoms with Gasteiger partial charge in [0.1, 0.15) is 74.9 Å². The van der Waals surface area contributed by atoms with E-state index in [9.17, 15) is 28.8 Å². The summed E-state index contributed by atoms with van der Waals surface area (Å²) < 4.78 is 31.0. The van der Waals surface area contributed by atoms with Crippen molar-refractivity contribution in [3.05, 3.63) is 165 Å². The summed E-state index contributed by atoms with van der Waals surface area (Å²) in [5, 5.41) is 0. The topological polar surface area (TPSA) is 209 Å². The van der Waals surface area contributed by atoms with Crippen LogP contribution in [0.3, 0.4) is 0 Å². The summed E-state index contributed by atoms with van der Waals surface area (Å²) in [6.45, 7) is 24.5. The van der Waals surface area contributed by atoms with E-state index >= 15 is 0 Å². The number of rotatable bonds is 27. The van der Waals surface area contributed by atoms with Gasteiger partial charge in [0.05, 0.1) is 62.8 Å². The van der Waals surface area contributed by atoms with Crippen LogP contribution in [0, 0.1) is 42.6 Å². The first kappa shape index (κ1) is 65.3. The molecule has 0 aliphatic carbocycles. The molecule has 0 spiro atoms. The number of benzene rings is 2. The molecule has 4 aliphatic heterocycles. The molecule has 6 unspecified atom stereocenters. The zero-order valence-corrected chi connectivity index (χ0v) is 52.2. The number of β-lactam (4-membered cyclic amide) rings is 2. The molecule has 8 atom stereocenters. The lowest BCUT2D eigenvalue weighted by Crippen LogP contribution is -2.63. The lowest BCUT2D eigenvalue weighted by molar-refractivity contribution is -0.671. The van der Waals surface area contributed by atoms with Crippen LogP contribution in [0.15, 0.2) is 147 Å². The maximum Gasteiger partial charge on any atom is 0.355 e. The van der Waals surface area contributed by atoms with Gasteiger partial charge >= 0.3 is 23.9 Å². The number of aromatic nitrogens is 4. The van der Waals surface area contributed by atoms with E-state index in [0.717, 1.165) is 44.1 Å². The first-order valence-corrected chi connectivity index (χ1v) is 29.3. The highest BCUT2D eigenvalue weighted by Crippen LogP contribution is 2.51. The van der Waals surface area contributed by atoms with Gasteiger partial charge in [-0.2, -0.15) is 9.78 Å². The molecule has 2 aromatic heterocycles. The van der Waals surface area contributed by atoms with E-state index in [4.69, 9.17) is 38.5 Å². The van der Waals surface area contributed by atoms with Crippen LogP contribution in [0.4, 0.5) is 0 Å². The second kappa shape index (κ2) is 31.1. The van der Waals surface area contributed by atoms with Crippen molar-refractivity contribution >= 4 is 80.9 Å². The molecule has 0 bridgehead atoms. The largest absolute Gasteiger partial charge is 0.488 e. The van der Waals surface area contributed by atoms with E-state index in [1.54, 1.807) is 26.4 Å². The molecule has 0 radical (unpaired) electrons. The average molecular weight is 1370 g/mol. The number of carbonyl (C=O) groups excluding carboxylic acids is 6. The van der Waals surface area contributed by atoms with Gasteiger partial charge in [0, 0.05) is 48.8 Å². The number of amides is 2. The minimum atomic E-state index is -0.776. The summed E-state index contributed by atoms with van der Waals surface area (Å²) in [5.74, 6) is -5.19. The predicted octanol–water partition coefficient (Wildman–Crippen LogP) is 8.10. The maximum atomic E-state index is 13.3. The number of ether oxygens (including phenoxy) is 4. The molecule has 0 saturated carbocycles. The van der Waals surface area contributed by atoms with Gasteiger partial charge in [-0.15, -0.1) is 13.2 Å². The number of carbonyl (C=O) groups is 6. The summed E-state index contributed by atoms with van der Waals surface area (Å²) in [6.07, 6.45) is 20.0. The molecule has 0 N–H and O–H groups in total. The predicted molar refractivity (Wildman–Crippen MR) is 322 cm³/mol. The average Bonchev–Trinajstić information content (AvgIpc) is 2.28. The molecule has 83 heavy (non-hydrogen) atoms. The SMILES string of the molecule is C=CCOOC(=O)C(C)C1C(=O)N2C(C(=O)OCC=C)=C(COc3cc(CCC)ccc3I)[C@H](C)C12.C=CCOOC(=O)C(C)C1C(=O)N2C(C(=O)OCC=C)=C(COc3cc(CCn4cc[n+](C)c4)ccc3I)[C@H](C)C12.Cn1ccnc1. The Morgan fingerprint density at radius 1 is 0.699 bits per heavy atom. The number of halogens is 2. The molecular weight excluding hydrogens is 1290 g/mol. The minimum Gasteiger partial charge on any atom is -0.488 e. The van der Waals surface area contributed by atoms with Gasteiger partial charge in [0.2, 0.25) is 18.1 Å². The number of esters is 2. The number of hydrogen-bond donors (Lipinski definition) is 0. The fourth-order valence-corrected chi connectivity index (χ4v) is 11.2. The third-order valence-electron chi connectivity index (χ3n) is 14.5. The Labute approximate surface area is 511 Å². The monoisotopic (exact) mass is 1370 g/mol. The number of aryl methyl sites for hydroxylation is 5. The number of hydrogen-bond acceptors (Lipinski definition) is 15. The normalized spacial score (nSPS) is 19.9. The van der Waals surface area contributed by atoms with E-state index in [2.05, 4.69) is 100 Å². The van der Waals surface area contributed by atoms with E-state index < -0.39 is 59.6 Å². The fraction of sp³-hybridized carbons (Fsp3) is 0.410. The first-order valence-electron chi connectivity index (χ1n) is 27.2. The highest BCUT2D eigenvalue weighted by atomic mass is 127. The smallest absolute Gasteiger partial charge is 0.355 e. The van der Waals surface area contributed by atoms with Crippen LogP contribution in [0.25, 0.3) is 0 Å². The molecular formula is C61H73I2N6O14+. The summed E-state index contributed by atoms with van der Waals surface area (Å²) in [7, 11) is 3.92. The van der Waals surface area contributed by atoms with Crippen molar-refractivity contribution in [3.63, 3.8) is 0 Å². The first-order chi connectivity index (χ1) is 39.8. The zero-order chi connectivity index (χ0) is 60.5. The van der Waals surface area contributed by atoms with Crippen LogP contribution in [-0.4, -0.2) is 111 Å². The molecule has 6 heterocycles. The van der Waals surface area contributed by atoms with Crippen molar-refractivity contribution in [2.75, 3.05) is 39.6 Å². The Morgan fingerprint density at radius 3 is 1.53 bits per heavy atom. The van der Waals surface area contributed by atoms with E-state index in [1.807, 2.05) is 86.3 Å². The number of imidazole rings is 2. The van der Waals surface area contributed by atoms with Crippen molar-refractivity contribution in [1.82, 2.24) is 23.9 Å². The highest BCUT2D eigenvalue weighted by Gasteiger charge is 2.63. The summed E-state index contributed by atoms with van der Waals surface area (Å²) in [4.78, 5) is 104. The Bertz CT molecular complexity index is 3080. The van der Waals surface area contributed by atoms with Crippen LogP contribution in [0.5, 0.6) is 11.5 Å². The van der Waals surface area contributed by atoms with Crippen LogP contribution in [-0.2, 0) is 91.3 Å². The van der Waals surface area contributed by atoms with Gasteiger partial charge in [0.25, 0.3) is 0 Å². The van der Waals surface area contributed by atoms with Gasteiger partial charge in [-0.25, -0.2) is 33.3 Å². The van der Waals surface area contributed by atoms with E-state index in [0.29, 0.717) is 22.6 Å². The van der Waals surface area contributed by atoms with Crippen molar-refractivity contribution in [1.29, 1.82) is 0 Å². The second-order valence-electron chi connectivity index (χ2n) is 20.2. The molecule has 20 nitrogen and oxygen atoms in total. The van der Waals surface area contributed by atoms with Crippen LogP contribution in [0.2, 0.25) is 0 Å². The molecule has 4 aromatic rings. The molecule has 444 valence electrons. The van der Waals surface area contributed by atoms with Crippen molar-refractivity contribution in [3.8, 4) is 11.5 Å². The zero-order valence-electron chi connectivity index (χ0n) is 47.9. The third kappa shape index (κ3) is 15.9. The Kier molecular flexibility index (Phi) is 24.5. The van der Waals surface area contributed by atoms with Crippen LogP contribution in [0.1, 0.15) is 52.2 Å². The van der Waals surface area contributed by atoms with Crippen molar-refractivity contribution in [2.45, 2.75) is 72.5 Å². The van der Waals surface area contributed by atoms with Gasteiger partial charge in [0.15, 0.2) is 0 Å². The summed E-state index contributed by atoms with van der Waals surface area (Å²) in [5.41, 5.74) is 3.92. The lowest BCUT2D eigenvalue weighted by Gasteiger charge is -2.47. The standard InChI is InChI=1S/C30H35IN3O7.C27H32INO7.C4H6N2/c1-6-14-38-30(37)27-22(19(3)26-25(28(35)34(26)27)20(4)29(36)41-40-15-7-2)17-39-24-16-21(8-9-23(24)31)10-11-33-13-12-32(5)18-33;1-6-9-18-10-11-20(28)21(14-18)34-15-19-16(4)23-22(17(5)26(31)36-35-13-8-3)25(30)29(23)24(19)27(32)33-12-7-2;1-6-3-2-5-4-6/h6-9,12-13,16,18-20,25-26H,1-2,10-11,14-15,17H2,3-5H3;7-8,10-11,14,16-17,22-23H,2-3,6,9,12-13,15H2,1,4-5H3;2-4H,1H3/q+1;;/t19-,20?,25?,26?;16-,17?,22?,23?;/m00./s1. The van der Waals surface area contributed by atoms with Crippen LogP contribution >= 0.6 is 45.2 Å². The quantitative estimate of drug-likeness (QED) is 0.00808.